The summed E-state index contributed by atoms with van der Waals surface area (Å²) in [6.07, 6.45) is 3.80. The van der Waals surface area contributed by atoms with Gasteiger partial charge in [0, 0.05) is 11.6 Å². The fourth-order valence-corrected chi connectivity index (χ4v) is 2.08. The lowest BCUT2D eigenvalue weighted by molar-refractivity contribution is -0.110. The zero-order valence-corrected chi connectivity index (χ0v) is 7.84. The Morgan fingerprint density at radius 2 is 2.33 bits per heavy atom. The molecule has 1 aliphatic carbocycles. The van der Waals surface area contributed by atoms with E-state index in [0.717, 1.165) is 25.7 Å². The first-order valence-electron chi connectivity index (χ1n) is 4.54. The standard InChI is InChI=1S/C9H18N2O/c1-7-5-9(2,10)4-3-8(7)11-6-12/h6-8H,3-5,10H2,1-2H3,(H,11,12). The maximum absolute atomic E-state index is 10.2. The second kappa shape index (κ2) is 3.44. The van der Waals surface area contributed by atoms with Gasteiger partial charge in [0.1, 0.15) is 0 Å². The van der Waals surface area contributed by atoms with Crippen molar-refractivity contribution < 1.29 is 4.79 Å². The first-order chi connectivity index (χ1) is 5.55. The molecule has 0 spiro atoms. The van der Waals surface area contributed by atoms with Crippen molar-refractivity contribution in [3.05, 3.63) is 0 Å². The van der Waals surface area contributed by atoms with E-state index in [-0.39, 0.29) is 5.54 Å². The van der Waals surface area contributed by atoms with Gasteiger partial charge in [-0.1, -0.05) is 6.92 Å². The zero-order valence-electron chi connectivity index (χ0n) is 7.84. The molecule has 1 amide bonds. The van der Waals surface area contributed by atoms with Gasteiger partial charge < -0.3 is 11.1 Å². The Labute approximate surface area is 73.7 Å². The first kappa shape index (κ1) is 9.52. The van der Waals surface area contributed by atoms with E-state index in [4.69, 9.17) is 5.73 Å². The summed E-state index contributed by atoms with van der Waals surface area (Å²) in [5, 5.41) is 2.84. The summed E-state index contributed by atoms with van der Waals surface area (Å²) < 4.78 is 0. The predicted octanol–water partition coefficient (Wildman–Crippen LogP) is 0.638. The molecule has 1 rings (SSSR count). The van der Waals surface area contributed by atoms with Crippen LogP contribution in [0.3, 0.4) is 0 Å². The second-order valence-corrected chi connectivity index (χ2v) is 4.27. The highest BCUT2D eigenvalue weighted by Crippen LogP contribution is 2.29. The van der Waals surface area contributed by atoms with E-state index < -0.39 is 0 Å². The topological polar surface area (TPSA) is 55.1 Å². The molecule has 3 N–H and O–H groups in total. The smallest absolute Gasteiger partial charge is 0.207 e. The number of carbonyl (C=O) groups is 1. The summed E-state index contributed by atoms with van der Waals surface area (Å²) in [5.74, 6) is 0.499. The maximum Gasteiger partial charge on any atom is 0.207 e. The molecular formula is C9H18N2O. The maximum atomic E-state index is 10.2. The van der Waals surface area contributed by atoms with Crippen molar-refractivity contribution in [1.82, 2.24) is 5.32 Å². The van der Waals surface area contributed by atoms with Crippen LogP contribution in [0.2, 0.25) is 0 Å². The third kappa shape index (κ3) is 2.21. The quantitative estimate of drug-likeness (QED) is 0.597. The molecule has 70 valence electrons. The summed E-state index contributed by atoms with van der Waals surface area (Å²) in [6, 6.07) is 0.333. The van der Waals surface area contributed by atoms with Crippen LogP contribution < -0.4 is 11.1 Å². The number of nitrogens with two attached hydrogens (primary N) is 1. The molecule has 1 aliphatic rings. The number of amides is 1. The number of hydrogen-bond donors (Lipinski definition) is 2. The molecule has 1 fully saturated rings. The Morgan fingerprint density at radius 1 is 1.67 bits per heavy atom. The van der Waals surface area contributed by atoms with E-state index in [0.29, 0.717) is 12.0 Å². The van der Waals surface area contributed by atoms with Crippen LogP contribution in [0.15, 0.2) is 0 Å². The average Bonchev–Trinajstić information content (AvgIpc) is 1.94. The third-order valence-corrected chi connectivity index (χ3v) is 2.78. The number of carbonyl (C=O) groups excluding carboxylic acids is 1. The van der Waals surface area contributed by atoms with E-state index in [2.05, 4.69) is 19.2 Å². The lowest BCUT2D eigenvalue weighted by Gasteiger charge is -2.38. The highest BCUT2D eigenvalue weighted by Gasteiger charge is 2.32. The van der Waals surface area contributed by atoms with Gasteiger partial charge in [0.2, 0.25) is 6.41 Å². The normalized spacial score (nSPS) is 42.2. The minimum atomic E-state index is -0.0273. The lowest BCUT2D eigenvalue weighted by atomic mass is 9.75. The van der Waals surface area contributed by atoms with Crippen LogP contribution in [-0.2, 0) is 4.79 Å². The van der Waals surface area contributed by atoms with Crippen LogP contribution in [0.1, 0.15) is 33.1 Å². The van der Waals surface area contributed by atoms with Crippen molar-refractivity contribution in [3.8, 4) is 0 Å². The van der Waals surface area contributed by atoms with Gasteiger partial charge in [-0.05, 0) is 32.1 Å². The molecule has 0 aromatic carbocycles. The molecule has 0 aromatic rings. The lowest BCUT2D eigenvalue weighted by Crippen LogP contribution is -2.49. The van der Waals surface area contributed by atoms with Crippen LogP contribution in [-0.4, -0.2) is 18.0 Å². The number of hydrogen-bond acceptors (Lipinski definition) is 2. The van der Waals surface area contributed by atoms with Crippen LogP contribution in [0.4, 0.5) is 0 Å². The Hall–Kier alpha value is -0.570. The molecular weight excluding hydrogens is 152 g/mol. The van der Waals surface area contributed by atoms with Crippen molar-refractivity contribution in [3.63, 3.8) is 0 Å². The van der Waals surface area contributed by atoms with Gasteiger partial charge in [-0.25, -0.2) is 0 Å². The highest BCUT2D eigenvalue weighted by molar-refractivity contribution is 5.46. The zero-order chi connectivity index (χ0) is 9.19. The molecule has 0 aliphatic heterocycles. The molecule has 1 saturated carbocycles. The molecule has 0 radical (unpaired) electrons. The molecule has 3 nitrogen and oxygen atoms in total. The highest BCUT2D eigenvalue weighted by atomic mass is 16.1. The molecule has 3 unspecified atom stereocenters. The Balaban J connectivity index is 2.47. The summed E-state index contributed by atoms with van der Waals surface area (Å²) in [4.78, 5) is 10.2. The van der Waals surface area contributed by atoms with Crippen LogP contribution in [0.25, 0.3) is 0 Å². The van der Waals surface area contributed by atoms with Crippen molar-refractivity contribution in [2.75, 3.05) is 0 Å². The van der Waals surface area contributed by atoms with E-state index in [1.165, 1.54) is 0 Å². The molecule has 12 heavy (non-hydrogen) atoms. The second-order valence-electron chi connectivity index (χ2n) is 4.27. The van der Waals surface area contributed by atoms with Gasteiger partial charge in [-0.2, -0.15) is 0 Å². The van der Waals surface area contributed by atoms with E-state index >= 15 is 0 Å². The minimum absolute atomic E-state index is 0.0273. The van der Waals surface area contributed by atoms with E-state index in [1.54, 1.807) is 0 Å². The van der Waals surface area contributed by atoms with Gasteiger partial charge >= 0.3 is 0 Å². The van der Waals surface area contributed by atoms with Gasteiger partial charge in [-0.3, -0.25) is 4.79 Å². The molecule has 3 heteroatoms. The molecule has 0 bridgehead atoms. The summed E-state index contributed by atoms with van der Waals surface area (Å²) >= 11 is 0. The minimum Gasteiger partial charge on any atom is -0.356 e. The number of nitrogens with one attached hydrogen (secondary N) is 1. The fraction of sp³-hybridized carbons (Fsp3) is 0.889. The fourth-order valence-electron chi connectivity index (χ4n) is 2.08. The van der Waals surface area contributed by atoms with Crippen LogP contribution in [0, 0.1) is 5.92 Å². The third-order valence-electron chi connectivity index (χ3n) is 2.78. The van der Waals surface area contributed by atoms with Gasteiger partial charge in [-0.15, -0.1) is 0 Å². The predicted molar refractivity (Wildman–Crippen MR) is 48.6 cm³/mol. The summed E-state index contributed by atoms with van der Waals surface area (Å²) in [7, 11) is 0. The summed E-state index contributed by atoms with van der Waals surface area (Å²) in [5.41, 5.74) is 5.98. The first-order valence-corrected chi connectivity index (χ1v) is 4.54. The Kier molecular flexibility index (Phi) is 2.73. The Morgan fingerprint density at radius 3 is 2.83 bits per heavy atom. The van der Waals surface area contributed by atoms with Gasteiger partial charge in [0.05, 0.1) is 0 Å². The van der Waals surface area contributed by atoms with E-state index in [9.17, 15) is 4.79 Å². The molecule has 0 saturated heterocycles. The molecule has 3 atom stereocenters. The van der Waals surface area contributed by atoms with Gasteiger partial charge in [0.25, 0.3) is 0 Å². The monoisotopic (exact) mass is 170 g/mol. The molecule has 0 aromatic heterocycles. The van der Waals surface area contributed by atoms with Crippen LogP contribution >= 0.6 is 0 Å². The van der Waals surface area contributed by atoms with Crippen LogP contribution in [0.5, 0.6) is 0 Å². The summed E-state index contributed by atoms with van der Waals surface area (Å²) in [6.45, 7) is 4.23. The van der Waals surface area contributed by atoms with Crippen molar-refractivity contribution in [2.45, 2.75) is 44.7 Å². The SMILES string of the molecule is CC1CC(C)(N)CCC1NC=O. The number of rotatable bonds is 2. The Bertz CT molecular complexity index is 168. The average molecular weight is 170 g/mol. The van der Waals surface area contributed by atoms with Crippen molar-refractivity contribution in [2.24, 2.45) is 11.7 Å². The van der Waals surface area contributed by atoms with E-state index in [1.807, 2.05) is 0 Å². The van der Waals surface area contributed by atoms with Crippen molar-refractivity contribution >= 4 is 6.41 Å². The largest absolute Gasteiger partial charge is 0.356 e. The van der Waals surface area contributed by atoms with Gasteiger partial charge in [0.15, 0.2) is 0 Å². The molecule has 0 heterocycles. The van der Waals surface area contributed by atoms with Crippen molar-refractivity contribution in [1.29, 1.82) is 0 Å².